The molecule has 18 heavy (non-hydrogen) atoms. The molecule has 3 nitrogen and oxygen atoms in total. The largest absolute Gasteiger partial charge is 0.496 e. The van der Waals surface area contributed by atoms with E-state index in [1.54, 1.807) is 14.0 Å². The molecule has 0 saturated heterocycles. The first-order chi connectivity index (χ1) is 8.61. The van der Waals surface area contributed by atoms with Crippen LogP contribution in [0.15, 0.2) is 36.5 Å². The highest BCUT2D eigenvalue weighted by Crippen LogP contribution is 2.21. The summed E-state index contributed by atoms with van der Waals surface area (Å²) in [5.41, 5.74) is 2.98. The summed E-state index contributed by atoms with van der Waals surface area (Å²) in [6.45, 7) is 4.27. The number of hydrogen-bond acceptors (Lipinski definition) is 2. The monoisotopic (exact) mass is 243 g/mol. The summed E-state index contributed by atoms with van der Waals surface area (Å²) in [5, 5.41) is 0. The number of carbonyl (C=O) groups is 1. The highest BCUT2D eigenvalue weighted by atomic mass is 16.5. The molecule has 0 bridgehead atoms. The van der Waals surface area contributed by atoms with E-state index in [0.717, 1.165) is 17.0 Å². The van der Waals surface area contributed by atoms with E-state index in [1.807, 2.05) is 42.0 Å². The molecule has 0 unspecified atom stereocenters. The molecule has 0 amide bonds. The first kappa shape index (κ1) is 12.4. The van der Waals surface area contributed by atoms with Gasteiger partial charge in [-0.15, -0.1) is 0 Å². The normalized spacial score (nSPS) is 10.4. The van der Waals surface area contributed by atoms with Crippen molar-refractivity contribution in [2.45, 2.75) is 20.4 Å². The number of methoxy groups -OCH3 is 1. The van der Waals surface area contributed by atoms with Crippen LogP contribution in [0.2, 0.25) is 0 Å². The molecular weight excluding hydrogens is 226 g/mol. The Morgan fingerprint density at radius 1 is 1.33 bits per heavy atom. The number of carbonyl (C=O) groups excluding carboxylic acids is 1. The van der Waals surface area contributed by atoms with Crippen molar-refractivity contribution in [3.05, 3.63) is 53.3 Å². The van der Waals surface area contributed by atoms with Crippen LogP contribution >= 0.6 is 0 Å². The van der Waals surface area contributed by atoms with Crippen LogP contribution < -0.4 is 4.74 Å². The highest BCUT2D eigenvalue weighted by Gasteiger charge is 2.09. The maximum Gasteiger partial charge on any atom is 0.176 e. The Labute approximate surface area is 107 Å². The number of aromatic nitrogens is 1. The molecule has 0 fully saturated rings. The van der Waals surface area contributed by atoms with Crippen molar-refractivity contribution in [1.29, 1.82) is 0 Å². The fourth-order valence-electron chi connectivity index (χ4n) is 2.09. The van der Waals surface area contributed by atoms with Gasteiger partial charge in [-0.05, 0) is 25.1 Å². The molecule has 0 aliphatic carbocycles. The third-order valence-electron chi connectivity index (χ3n) is 2.97. The number of aryl methyl sites for hydroxylation is 1. The maximum atomic E-state index is 11.5. The number of nitrogens with zero attached hydrogens (tertiary/aromatic N) is 1. The van der Waals surface area contributed by atoms with Crippen LogP contribution in [0.1, 0.15) is 28.5 Å². The van der Waals surface area contributed by atoms with Crippen molar-refractivity contribution in [2.75, 3.05) is 7.11 Å². The van der Waals surface area contributed by atoms with Gasteiger partial charge in [0.2, 0.25) is 0 Å². The van der Waals surface area contributed by atoms with Gasteiger partial charge in [0.05, 0.1) is 19.3 Å². The molecule has 2 rings (SSSR count). The first-order valence-electron chi connectivity index (χ1n) is 5.91. The molecule has 0 spiro atoms. The lowest BCUT2D eigenvalue weighted by molar-refractivity contribution is 0.100. The highest BCUT2D eigenvalue weighted by molar-refractivity contribution is 5.92. The van der Waals surface area contributed by atoms with Gasteiger partial charge in [-0.3, -0.25) is 4.79 Å². The minimum absolute atomic E-state index is 0.0756. The van der Waals surface area contributed by atoms with E-state index in [0.29, 0.717) is 6.54 Å². The summed E-state index contributed by atoms with van der Waals surface area (Å²) in [6, 6.07) is 9.79. The van der Waals surface area contributed by atoms with Gasteiger partial charge in [0.25, 0.3) is 0 Å². The Hall–Kier alpha value is -2.03. The van der Waals surface area contributed by atoms with Gasteiger partial charge in [0.15, 0.2) is 5.78 Å². The maximum absolute atomic E-state index is 11.5. The topological polar surface area (TPSA) is 31.2 Å². The van der Waals surface area contributed by atoms with Crippen LogP contribution in [0.4, 0.5) is 0 Å². The summed E-state index contributed by atoms with van der Waals surface area (Å²) in [5.74, 6) is 0.926. The molecule has 2 aromatic rings. The zero-order valence-corrected chi connectivity index (χ0v) is 10.9. The lowest BCUT2D eigenvalue weighted by atomic mass is 10.1. The summed E-state index contributed by atoms with van der Waals surface area (Å²) in [4.78, 5) is 11.5. The summed E-state index contributed by atoms with van der Waals surface area (Å²) in [7, 11) is 1.66. The predicted octanol–water partition coefficient (Wildman–Crippen LogP) is 3.06. The quantitative estimate of drug-likeness (QED) is 0.773. The van der Waals surface area contributed by atoms with Gasteiger partial charge >= 0.3 is 0 Å². The fraction of sp³-hybridized carbons (Fsp3) is 0.267. The zero-order valence-electron chi connectivity index (χ0n) is 10.9. The number of hydrogen-bond donors (Lipinski definition) is 0. The van der Waals surface area contributed by atoms with E-state index >= 15 is 0 Å². The first-order valence-corrected chi connectivity index (χ1v) is 5.91. The second-order valence-corrected chi connectivity index (χ2v) is 4.39. The SMILES string of the molecule is COc1ccc(C)cc1Cn1cccc1C(C)=O. The van der Waals surface area contributed by atoms with Gasteiger partial charge in [0, 0.05) is 18.7 Å². The molecule has 94 valence electrons. The molecule has 3 heteroatoms. The van der Waals surface area contributed by atoms with E-state index in [2.05, 4.69) is 6.07 Å². The van der Waals surface area contributed by atoms with Crippen LogP contribution in [0, 0.1) is 6.92 Å². The number of benzene rings is 1. The average Bonchev–Trinajstić information content (AvgIpc) is 2.77. The van der Waals surface area contributed by atoms with E-state index in [9.17, 15) is 4.79 Å². The molecule has 1 heterocycles. The van der Waals surface area contributed by atoms with E-state index in [4.69, 9.17) is 4.74 Å². The summed E-state index contributed by atoms with van der Waals surface area (Å²) < 4.78 is 7.30. The lowest BCUT2D eigenvalue weighted by Gasteiger charge is -2.12. The minimum Gasteiger partial charge on any atom is -0.496 e. The number of rotatable bonds is 4. The van der Waals surface area contributed by atoms with E-state index < -0.39 is 0 Å². The number of Topliss-reactive ketones (excluding diaryl/α,β-unsaturated/α-hetero) is 1. The number of ketones is 1. The molecule has 0 N–H and O–H groups in total. The third kappa shape index (κ3) is 2.45. The molecule has 0 aliphatic rings. The second-order valence-electron chi connectivity index (χ2n) is 4.39. The van der Waals surface area contributed by atoms with Gasteiger partial charge in [-0.1, -0.05) is 17.7 Å². The van der Waals surface area contributed by atoms with Gasteiger partial charge in [-0.25, -0.2) is 0 Å². The molecule has 0 radical (unpaired) electrons. The standard InChI is InChI=1S/C15H17NO2/c1-11-6-7-15(18-3)13(9-11)10-16-8-4-5-14(16)12(2)17/h4-9H,10H2,1-3H3. The lowest BCUT2D eigenvalue weighted by Crippen LogP contribution is -2.07. The molecule has 1 aromatic carbocycles. The third-order valence-corrected chi connectivity index (χ3v) is 2.97. The van der Waals surface area contributed by atoms with Gasteiger partial charge < -0.3 is 9.30 Å². The fourth-order valence-corrected chi connectivity index (χ4v) is 2.09. The van der Waals surface area contributed by atoms with Crippen molar-refractivity contribution in [3.63, 3.8) is 0 Å². The van der Waals surface area contributed by atoms with Crippen molar-refractivity contribution < 1.29 is 9.53 Å². The summed E-state index contributed by atoms with van der Waals surface area (Å²) in [6.07, 6.45) is 1.92. The molecule has 0 saturated carbocycles. The Kier molecular flexibility index (Phi) is 3.51. The molecule has 0 aliphatic heterocycles. The van der Waals surface area contributed by atoms with E-state index in [1.165, 1.54) is 5.56 Å². The Morgan fingerprint density at radius 3 is 2.78 bits per heavy atom. The van der Waals surface area contributed by atoms with E-state index in [-0.39, 0.29) is 5.78 Å². The van der Waals surface area contributed by atoms with Crippen LogP contribution in [-0.2, 0) is 6.54 Å². The average molecular weight is 243 g/mol. The van der Waals surface area contributed by atoms with Gasteiger partial charge in [0.1, 0.15) is 5.75 Å². The Morgan fingerprint density at radius 2 is 2.11 bits per heavy atom. The molecular formula is C15H17NO2. The predicted molar refractivity (Wildman–Crippen MR) is 71.3 cm³/mol. The van der Waals surface area contributed by atoms with Crippen LogP contribution in [0.5, 0.6) is 5.75 Å². The van der Waals surface area contributed by atoms with Crippen molar-refractivity contribution in [1.82, 2.24) is 4.57 Å². The zero-order chi connectivity index (χ0) is 13.1. The minimum atomic E-state index is 0.0756. The van der Waals surface area contributed by atoms with Crippen LogP contribution in [0.3, 0.4) is 0 Å². The molecule has 0 atom stereocenters. The smallest absolute Gasteiger partial charge is 0.176 e. The Balaban J connectivity index is 2.36. The number of ether oxygens (including phenoxy) is 1. The van der Waals surface area contributed by atoms with Crippen LogP contribution in [0.25, 0.3) is 0 Å². The van der Waals surface area contributed by atoms with Crippen LogP contribution in [-0.4, -0.2) is 17.5 Å². The Bertz CT molecular complexity index is 570. The van der Waals surface area contributed by atoms with Crippen molar-refractivity contribution in [3.8, 4) is 5.75 Å². The second kappa shape index (κ2) is 5.08. The summed E-state index contributed by atoms with van der Waals surface area (Å²) >= 11 is 0. The van der Waals surface area contributed by atoms with Crippen molar-refractivity contribution >= 4 is 5.78 Å². The molecule has 1 aromatic heterocycles. The van der Waals surface area contributed by atoms with Gasteiger partial charge in [-0.2, -0.15) is 0 Å². The van der Waals surface area contributed by atoms with Crippen molar-refractivity contribution in [2.24, 2.45) is 0 Å².